The molecule has 4 rings (SSSR count). The Morgan fingerprint density at radius 2 is 1.72 bits per heavy atom. The van der Waals surface area contributed by atoms with Crippen molar-refractivity contribution in [1.29, 1.82) is 0 Å². The first kappa shape index (κ1) is 21.6. The molecule has 0 atom stereocenters. The predicted molar refractivity (Wildman–Crippen MR) is 112 cm³/mol. The minimum Gasteiger partial charge on any atom is -0.486 e. The molecule has 3 amide bonds. The number of halogens is 1. The van der Waals surface area contributed by atoms with E-state index in [0.717, 1.165) is 18.4 Å². The van der Waals surface area contributed by atoms with Gasteiger partial charge in [-0.1, -0.05) is 31.0 Å². The summed E-state index contributed by atoms with van der Waals surface area (Å²) in [4.78, 5) is 37.1. The highest BCUT2D eigenvalue weighted by Crippen LogP contribution is 2.45. The number of urea groups is 1. The lowest BCUT2D eigenvalue weighted by Gasteiger charge is -2.28. The molecule has 2 aromatic carbocycles. The van der Waals surface area contributed by atoms with Crippen molar-refractivity contribution in [2.75, 3.05) is 25.1 Å². The van der Waals surface area contributed by atoms with Crippen LogP contribution < -0.4 is 20.1 Å². The number of rotatable bonds is 5. The van der Waals surface area contributed by atoms with Crippen molar-refractivity contribution in [1.82, 2.24) is 5.32 Å². The van der Waals surface area contributed by atoms with Crippen LogP contribution in [0.15, 0.2) is 42.5 Å². The molecule has 32 heavy (non-hydrogen) atoms. The van der Waals surface area contributed by atoms with Gasteiger partial charge in [0.2, 0.25) is 0 Å². The van der Waals surface area contributed by atoms with Crippen molar-refractivity contribution < 1.29 is 33.0 Å². The first-order chi connectivity index (χ1) is 15.5. The molecule has 8 nitrogen and oxygen atoms in total. The molecule has 1 aliphatic carbocycles. The van der Waals surface area contributed by atoms with Crippen molar-refractivity contribution in [3.05, 3.63) is 53.8 Å². The molecule has 1 heterocycles. The smallest absolute Gasteiger partial charge is 0.326 e. The number of hydrogen-bond donors (Lipinski definition) is 2. The second kappa shape index (κ2) is 9.25. The molecule has 2 aliphatic rings. The van der Waals surface area contributed by atoms with Crippen LogP contribution in [0.5, 0.6) is 11.5 Å². The van der Waals surface area contributed by atoms with Crippen LogP contribution in [0.1, 0.15) is 31.2 Å². The van der Waals surface area contributed by atoms with Gasteiger partial charge in [-0.05, 0) is 42.7 Å². The summed E-state index contributed by atoms with van der Waals surface area (Å²) >= 11 is 0. The van der Waals surface area contributed by atoms with Gasteiger partial charge in [0.25, 0.3) is 5.91 Å². The highest BCUT2D eigenvalue weighted by Gasteiger charge is 2.45. The zero-order valence-electron chi connectivity index (χ0n) is 17.3. The first-order valence-electron chi connectivity index (χ1n) is 10.4. The maximum atomic E-state index is 13.6. The van der Waals surface area contributed by atoms with E-state index in [-0.39, 0.29) is 5.69 Å². The van der Waals surface area contributed by atoms with E-state index in [4.69, 9.17) is 14.2 Å². The van der Waals surface area contributed by atoms with Gasteiger partial charge in [-0.3, -0.25) is 14.9 Å². The van der Waals surface area contributed by atoms with E-state index in [1.165, 1.54) is 18.2 Å². The Bertz CT molecular complexity index is 1030. The third-order valence-corrected chi connectivity index (χ3v) is 5.65. The lowest BCUT2D eigenvalue weighted by atomic mass is 9.78. The maximum absolute atomic E-state index is 13.6. The molecule has 1 aliphatic heterocycles. The lowest BCUT2D eigenvalue weighted by molar-refractivity contribution is -0.154. The zero-order chi connectivity index (χ0) is 22.6. The van der Waals surface area contributed by atoms with Crippen molar-refractivity contribution in [2.45, 2.75) is 31.1 Å². The van der Waals surface area contributed by atoms with E-state index < -0.39 is 35.7 Å². The molecule has 1 fully saturated rings. The molecule has 1 saturated carbocycles. The Labute approximate surface area is 184 Å². The number of esters is 1. The number of nitrogens with one attached hydrogen (secondary N) is 2. The number of carbonyl (C=O) groups excluding carboxylic acids is 3. The molecule has 0 spiro atoms. The van der Waals surface area contributed by atoms with Crippen molar-refractivity contribution in [3.8, 4) is 11.5 Å². The van der Waals surface area contributed by atoms with Crippen LogP contribution in [-0.2, 0) is 19.7 Å². The third-order valence-electron chi connectivity index (χ3n) is 5.65. The zero-order valence-corrected chi connectivity index (χ0v) is 17.3. The topological polar surface area (TPSA) is 103 Å². The third kappa shape index (κ3) is 4.51. The fourth-order valence-corrected chi connectivity index (χ4v) is 4.08. The van der Waals surface area contributed by atoms with Gasteiger partial charge in [-0.25, -0.2) is 9.18 Å². The van der Waals surface area contributed by atoms with Crippen molar-refractivity contribution in [3.63, 3.8) is 0 Å². The van der Waals surface area contributed by atoms with Crippen LogP contribution in [0.3, 0.4) is 0 Å². The van der Waals surface area contributed by atoms with Crippen molar-refractivity contribution >= 4 is 23.6 Å². The first-order valence-corrected chi connectivity index (χ1v) is 10.4. The average Bonchev–Trinajstić information content (AvgIpc) is 3.30. The standard InChI is InChI=1S/C23H23FN2O6/c24-16-5-1-2-6-17(16)25-22(29)26-20(27)14-32-21(28)23(9-3-4-10-23)15-7-8-18-19(13-15)31-12-11-30-18/h1-2,5-8,13H,3-4,9-12,14H2,(H2,25,26,27,29). The molecule has 168 valence electrons. The number of fused-ring (bicyclic) bond motifs is 1. The maximum Gasteiger partial charge on any atom is 0.326 e. The monoisotopic (exact) mass is 442 g/mol. The molecule has 0 aromatic heterocycles. The van der Waals surface area contributed by atoms with Crippen LogP contribution in [0.4, 0.5) is 14.9 Å². The Balaban J connectivity index is 1.38. The molecule has 0 radical (unpaired) electrons. The minimum atomic E-state index is -0.918. The number of amides is 3. The quantitative estimate of drug-likeness (QED) is 0.689. The average molecular weight is 442 g/mol. The van der Waals surface area contributed by atoms with Crippen LogP contribution in [0, 0.1) is 5.82 Å². The summed E-state index contributed by atoms with van der Waals surface area (Å²) in [6, 6.07) is 10.0. The Morgan fingerprint density at radius 1 is 1.00 bits per heavy atom. The SMILES string of the molecule is O=C(COC(=O)C1(c2ccc3c(c2)OCCO3)CCCC1)NC(=O)Nc1ccccc1F. The molecule has 2 N–H and O–H groups in total. The Kier molecular flexibility index (Phi) is 6.25. The molecule has 0 saturated heterocycles. The lowest BCUT2D eigenvalue weighted by Crippen LogP contribution is -2.40. The number of carbonyl (C=O) groups is 3. The number of hydrogen-bond acceptors (Lipinski definition) is 6. The summed E-state index contributed by atoms with van der Waals surface area (Å²) in [5, 5.41) is 4.26. The number of imide groups is 1. The van der Waals surface area contributed by atoms with E-state index in [0.29, 0.717) is 37.6 Å². The van der Waals surface area contributed by atoms with Gasteiger partial charge in [-0.15, -0.1) is 0 Å². The summed E-state index contributed by atoms with van der Waals surface area (Å²) in [7, 11) is 0. The summed E-state index contributed by atoms with van der Waals surface area (Å²) in [6.07, 6.45) is 2.86. The second-order valence-corrected chi connectivity index (χ2v) is 7.71. The summed E-state index contributed by atoms with van der Waals surface area (Å²) in [5.41, 5.74) is -0.203. The van der Waals surface area contributed by atoms with Crippen LogP contribution in [-0.4, -0.2) is 37.7 Å². The van der Waals surface area contributed by atoms with Gasteiger partial charge < -0.3 is 19.5 Å². The molecule has 2 aromatic rings. The molecular weight excluding hydrogens is 419 g/mol. The highest BCUT2D eigenvalue weighted by atomic mass is 19.1. The normalized spacial score (nSPS) is 16.2. The predicted octanol–water partition coefficient (Wildman–Crippen LogP) is 3.30. The summed E-state index contributed by atoms with van der Waals surface area (Å²) in [5.74, 6) is -0.778. The van der Waals surface area contributed by atoms with Crippen LogP contribution in [0.2, 0.25) is 0 Å². The fraction of sp³-hybridized carbons (Fsp3) is 0.348. The minimum absolute atomic E-state index is 0.0710. The van der Waals surface area contributed by atoms with Crippen LogP contribution in [0.25, 0.3) is 0 Å². The Hall–Kier alpha value is -3.62. The van der Waals surface area contributed by atoms with E-state index in [1.807, 2.05) is 11.4 Å². The molecule has 0 unspecified atom stereocenters. The summed E-state index contributed by atoms with van der Waals surface area (Å²) < 4.78 is 30.1. The van der Waals surface area contributed by atoms with E-state index in [9.17, 15) is 18.8 Å². The largest absolute Gasteiger partial charge is 0.486 e. The molecule has 0 bridgehead atoms. The van der Waals surface area contributed by atoms with E-state index in [1.54, 1.807) is 18.2 Å². The Morgan fingerprint density at radius 3 is 2.47 bits per heavy atom. The second-order valence-electron chi connectivity index (χ2n) is 7.71. The van der Waals surface area contributed by atoms with E-state index >= 15 is 0 Å². The molecule has 9 heteroatoms. The fourth-order valence-electron chi connectivity index (χ4n) is 4.08. The number of ether oxygens (including phenoxy) is 3. The summed E-state index contributed by atoms with van der Waals surface area (Å²) in [6.45, 7) is 0.276. The number of para-hydroxylation sites is 1. The van der Waals surface area contributed by atoms with E-state index in [2.05, 4.69) is 5.32 Å². The van der Waals surface area contributed by atoms with Gasteiger partial charge in [0.05, 0.1) is 11.1 Å². The van der Waals surface area contributed by atoms with Gasteiger partial charge in [0, 0.05) is 0 Å². The van der Waals surface area contributed by atoms with Gasteiger partial charge in [0.1, 0.15) is 19.0 Å². The van der Waals surface area contributed by atoms with Gasteiger partial charge in [-0.2, -0.15) is 0 Å². The van der Waals surface area contributed by atoms with Crippen LogP contribution >= 0.6 is 0 Å². The van der Waals surface area contributed by atoms with Gasteiger partial charge >= 0.3 is 12.0 Å². The van der Waals surface area contributed by atoms with Crippen molar-refractivity contribution in [2.24, 2.45) is 0 Å². The number of benzene rings is 2. The highest BCUT2D eigenvalue weighted by molar-refractivity contribution is 6.02. The number of anilines is 1. The van der Waals surface area contributed by atoms with Gasteiger partial charge in [0.15, 0.2) is 18.1 Å². The molecular formula is C23H23FN2O6.